The second-order valence-corrected chi connectivity index (χ2v) is 6.57. The minimum absolute atomic E-state index is 0.111. The van der Waals surface area contributed by atoms with E-state index >= 15 is 0 Å². The third-order valence-electron chi connectivity index (χ3n) is 3.25. The summed E-state index contributed by atoms with van der Waals surface area (Å²) in [6.45, 7) is 4.77. The summed E-state index contributed by atoms with van der Waals surface area (Å²) in [7, 11) is -3.79. The van der Waals surface area contributed by atoms with Gasteiger partial charge in [0.15, 0.2) is 0 Å². The first kappa shape index (κ1) is 17.1. The highest BCUT2D eigenvalue weighted by Gasteiger charge is 2.20. The van der Waals surface area contributed by atoms with E-state index in [9.17, 15) is 8.42 Å². The zero-order valence-corrected chi connectivity index (χ0v) is 13.3. The highest BCUT2D eigenvalue weighted by molar-refractivity contribution is 7.89. The lowest BCUT2D eigenvalue weighted by Crippen LogP contribution is -2.19. The second-order valence-electron chi connectivity index (χ2n) is 5.11. The molecule has 6 nitrogen and oxygen atoms in total. The minimum atomic E-state index is -3.79. The highest BCUT2D eigenvalue weighted by atomic mass is 32.2. The van der Waals surface area contributed by atoms with Crippen LogP contribution in [0.5, 0.6) is 0 Å². The van der Waals surface area contributed by atoms with Gasteiger partial charge in [0, 0.05) is 13.0 Å². The van der Waals surface area contributed by atoms with Crippen LogP contribution in [0.1, 0.15) is 64.6 Å². The molecule has 0 aliphatic carbocycles. The van der Waals surface area contributed by atoms with Crippen molar-refractivity contribution in [2.24, 2.45) is 5.14 Å². The van der Waals surface area contributed by atoms with Gasteiger partial charge in [-0.05, 0) is 12.8 Å². The van der Waals surface area contributed by atoms with Crippen LogP contribution in [0.3, 0.4) is 0 Å². The molecule has 0 saturated carbocycles. The maximum atomic E-state index is 11.4. The Morgan fingerprint density at radius 2 is 1.65 bits per heavy atom. The summed E-state index contributed by atoms with van der Waals surface area (Å²) in [5.74, 6) is 0.728. The Balaban J connectivity index is 2.59. The van der Waals surface area contributed by atoms with Gasteiger partial charge in [-0.3, -0.25) is 0 Å². The van der Waals surface area contributed by atoms with Crippen molar-refractivity contribution in [1.82, 2.24) is 14.8 Å². The average molecular weight is 302 g/mol. The maximum Gasteiger partial charge on any atom is 0.273 e. The molecule has 116 valence electrons. The van der Waals surface area contributed by atoms with Gasteiger partial charge in [0.05, 0.1) is 0 Å². The van der Waals surface area contributed by atoms with E-state index in [2.05, 4.69) is 17.1 Å². The monoisotopic (exact) mass is 302 g/mol. The highest BCUT2D eigenvalue weighted by Crippen LogP contribution is 2.12. The molecule has 0 spiro atoms. The first-order valence-corrected chi connectivity index (χ1v) is 9.00. The third-order valence-corrected chi connectivity index (χ3v) is 4.06. The molecular weight excluding hydrogens is 276 g/mol. The zero-order valence-electron chi connectivity index (χ0n) is 12.5. The fourth-order valence-corrected chi connectivity index (χ4v) is 2.88. The standard InChI is InChI=1S/C13H26N4O2S/c1-3-5-6-7-8-9-10-12-15-16-13(20(14,18)19)17(12)11-4-2/h3-11H2,1-2H3,(H2,14,18,19). The van der Waals surface area contributed by atoms with Gasteiger partial charge < -0.3 is 4.57 Å². The average Bonchev–Trinajstić information content (AvgIpc) is 2.77. The lowest BCUT2D eigenvalue weighted by Gasteiger charge is -2.07. The number of hydrogen-bond donors (Lipinski definition) is 1. The normalized spacial score (nSPS) is 11.9. The van der Waals surface area contributed by atoms with Gasteiger partial charge in [-0.1, -0.05) is 46.0 Å². The number of nitrogens with zero attached hydrogens (tertiary/aromatic N) is 3. The summed E-state index contributed by atoms with van der Waals surface area (Å²) < 4.78 is 24.5. The Labute approximate surface area is 121 Å². The van der Waals surface area contributed by atoms with Crippen molar-refractivity contribution in [3.8, 4) is 0 Å². The number of rotatable bonds is 10. The molecule has 2 N–H and O–H groups in total. The van der Waals surface area contributed by atoms with Gasteiger partial charge in [-0.25, -0.2) is 13.6 Å². The maximum absolute atomic E-state index is 11.4. The smallest absolute Gasteiger partial charge is 0.273 e. The number of unbranched alkanes of at least 4 members (excludes halogenated alkanes) is 5. The predicted molar refractivity (Wildman–Crippen MR) is 78.8 cm³/mol. The van der Waals surface area contributed by atoms with Crippen LogP contribution in [-0.2, 0) is 23.0 Å². The molecule has 0 aliphatic heterocycles. The van der Waals surface area contributed by atoms with Gasteiger partial charge in [0.1, 0.15) is 5.82 Å². The van der Waals surface area contributed by atoms with Gasteiger partial charge in [-0.2, -0.15) is 0 Å². The number of nitrogens with two attached hydrogens (primary N) is 1. The molecule has 0 saturated heterocycles. The molecule has 1 aromatic heterocycles. The van der Waals surface area contributed by atoms with Gasteiger partial charge in [-0.15, -0.1) is 10.2 Å². The Kier molecular flexibility index (Phi) is 7.15. The number of hydrogen-bond acceptors (Lipinski definition) is 4. The fourth-order valence-electron chi connectivity index (χ4n) is 2.23. The van der Waals surface area contributed by atoms with E-state index in [1.54, 1.807) is 4.57 Å². The first-order valence-electron chi connectivity index (χ1n) is 7.45. The SMILES string of the molecule is CCCCCCCCc1nnc(S(N)(=O)=O)n1CCC. The van der Waals surface area contributed by atoms with E-state index in [4.69, 9.17) is 5.14 Å². The summed E-state index contributed by atoms with van der Waals surface area (Å²) >= 11 is 0. The quantitative estimate of drug-likeness (QED) is 0.671. The third kappa shape index (κ3) is 5.20. The van der Waals surface area contributed by atoms with Crippen LogP contribution in [0.2, 0.25) is 0 Å². The topological polar surface area (TPSA) is 90.9 Å². The van der Waals surface area contributed by atoms with Gasteiger partial charge in [0.2, 0.25) is 0 Å². The minimum Gasteiger partial charge on any atom is -0.301 e. The molecule has 0 atom stereocenters. The molecule has 0 unspecified atom stereocenters. The Bertz CT molecular complexity index is 496. The van der Waals surface area contributed by atoms with Crippen molar-refractivity contribution in [3.05, 3.63) is 5.82 Å². The van der Waals surface area contributed by atoms with E-state index < -0.39 is 10.0 Å². The first-order chi connectivity index (χ1) is 9.50. The molecule has 7 heteroatoms. The second kappa shape index (κ2) is 8.36. The van der Waals surface area contributed by atoms with Crippen LogP contribution in [0.15, 0.2) is 5.16 Å². The van der Waals surface area contributed by atoms with Crippen LogP contribution >= 0.6 is 0 Å². The number of primary sulfonamides is 1. The van der Waals surface area contributed by atoms with Crippen LogP contribution in [0.4, 0.5) is 0 Å². The Morgan fingerprint density at radius 3 is 2.25 bits per heavy atom. The van der Waals surface area contributed by atoms with Crippen molar-refractivity contribution in [3.63, 3.8) is 0 Å². The van der Waals surface area contributed by atoms with E-state index in [0.29, 0.717) is 6.54 Å². The summed E-state index contributed by atoms with van der Waals surface area (Å²) in [5.41, 5.74) is 0. The number of aromatic nitrogens is 3. The van der Waals surface area contributed by atoms with Crippen molar-refractivity contribution in [2.75, 3.05) is 0 Å². The summed E-state index contributed by atoms with van der Waals surface area (Å²) in [4.78, 5) is 0. The van der Waals surface area contributed by atoms with Gasteiger partial charge in [0.25, 0.3) is 15.2 Å². The molecular formula is C13H26N4O2S. The lowest BCUT2D eigenvalue weighted by molar-refractivity contribution is 0.537. The van der Waals surface area contributed by atoms with Crippen molar-refractivity contribution in [2.45, 2.75) is 76.9 Å². The summed E-state index contributed by atoms with van der Waals surface area (Å²) in [6.07, 6.45) is 8.74. The molecule has 20 heavy (non-hydrogen) atoms. The van der Waals surface area contributed by atoms with Crippen molar-refractivity contribution in [1.29, 1.82) is 0 Å². The Hall–Kier alpha value is -0.950. The van der Waals surface area contributed by atoms with Gasteiger partial charge >= 0.3 is 0 Å². The number of aryl methyl sites for hydroxylation is 1. The molecule has 0 fully saturated rings. The van der Waals surface area contributed by atoms with E-state index in [0.717, 1.165) is 31.5 Å². The van der Waals surface area contributed by atoms with E-state index in [1.807, 2.05) is 6.92 Å². The molecule has 0 bridgehead atoms. The molecule has 1 rings (SSSR count). The van der Waals surface area contributed by atoms with Crippen LogP contribution in [0, 0.1) is 0 Å². The molecule has 1 heterocycles. The predicted octanol–water partition coefficient (Wildman–Crippen LogP) is 2.24. The molecule has 0 amide bonds. The molecule has 0 aromatic carbocycles. The fraction of sp³-hybridized carbons (Fsp3) is 0.846. The summed E-state index contributed by atoms with van der Waals surface area (Å²) in [5, 5.41) is 12.8. The number of sulfonamides is 1. The van der Waals surface area contributed by atoms with Crippen molar-refractivity contribution >= 4 is 10.0 Å². The molecule has 1 aromatic rings. The largest absolute Gasteiger partial charge is 0.301 e. The van der Waals surface area contributed by atoms with Crippen LogP contribution < -0.4 is 5.14 Å². The summed E-state index contributed by atoms with van der Waals surface area (Å²) in [6, 6.07) is 0. The van der Waals surface area contributed by atoms with Crippen molar-refractivity contribution < 1.29 is 8.42 Å². The van der Waals surface area contributed by atoms with Crippen LogP contribution in [-0.4, -0.2) is 23.2 Å². The molecule has 0 radical (unpaired) electrons. The zero-order chi connectivity index (χ0) is 15.0. The van der Waals surface area contributed by atoms with E-state index in [1.165, 1.54) is 25.7 Å². The van der Waals surface area contributed by atoms with E-state index in [-0.39, 0.29) is 5.16 Å². The Morgan fingerprint density at radius 1 is 1.00 bits per heavy atom. The lowest BCUT2D eigenvalue weighted by atomic mass is 10.1. The van der Waals surface area contributed by atoms with Crippen LogP contribution in [0.25, 0.3) is 0 Å². The molecule has 0 aliphatic rings.